The minimum Gasteiger partial charge on any atom is -0.458 e. The number of aromatic nitrogens is 2. The van der Waals surface area contributed by atoms with E-state index in [0.29, 0.717) is 30.2 Å². The minimum atomic E-state index is -0.856. The monoisotopic (exact) mass is 471 g/mol. The Morgan fingerprint density at radius 3 is 2.69 bits per heavy atom. The molecule has 0 fully saturated rings. The first-order chi connectivity index (χ1) is 16.9. The molecule has 3 heterocycles. The fourth-order valence-electron chi connectivity index (χ4n) is 4.38. The number of fused-ring (bicyclic) bond motifs is 1. The van der Waals surface area contributed by atoms with Crippen LogP contribution in [0.15, 0.2) is 65.5 Å². The van der Waals surface area contributed by atoms with E-state index < -0.39 is 6.10 Å². The van der Waals surface area contributed by atoms with Crippen LogP contribution in [-0.2, 0) is 17.6 Å². The number of amides is 1. The van der Waals surface area contributed by atoms with Gasteiger partial charge in [-0.1, -0.05) is 19.1 Å². The lowest BCUT2D eigenvalue weighted by Gasteiger charge is -2.13. The molecule has 0 bridgehead atoms. The molecule has 2 N–H and O–H groups in total. The quantitative estimate of drug-likeness (QED) is 0.309. The van der Waals surface area contributed by atoms with Gasteiger partial charge < -0.3 is 14.8 Å². The Labute approximate surface area is 206 Å². The summed E-state index contributed by atoms with van der Waals surface area (Å²) in [4.78, 5) is 21.0. The van der Waals surface area contributed by atoms with E-state index >= 15 is 0 Å². The lowest BCUT2D eigenvalue weighted by molar-refractivity contribution is -0.120. The summed E-state index contributed by atoms with van der Waals surface area (Å²) in [6.07, 6.45) is 7.61. The Balaban J connectivity index is 1.25. The molecule has 6 nitrogen and oxygen atoms in total. The minimum absolute atomic E-state index is 0.00795. The van der Waals surface area contributed by atoms with Gasteiger partial charge in [-0.3, -0.25) is 14.8 Å². The van der Waals surface area contributed by atoms with Crippen LogP contribution in [0.3, 0.4) is 0 Å². The summed E-state index contributed by atoms with van der Waals surface area (Å²) in [5.41, 5.74) is 5.92. The number of furan rings is 1. The van der Waals surface area contributed by atoms with Crippen molar-refractivity contribution in [2.75, 3.05) is 6.54 Å². The third-order valence-electron chi connectivity index (χ3n) is 6.32. The summed E-state index contributed by atoms with van der Waals surface area (Å²) in [6.45, 7) is 7.09. The number of benzene rings is 1. The van der Waals surface area contributed by atoms with Gasteiger partial charge in [0.15, 0.2) is 0 Å². The zero-order valence-electron chi connectivity index (χ0n) is 20.6. The highest BCUT2D eigenvalue weighted by Gasteiger charge is 2.16. The maximum absolute atomic E-state index is 12.5. The molecular weight excluding hydrogens is 438 g/mol. The maximum Gasteiger partial charge on any atom is 0.224 e. The SMILES string of the molecule is Cc1cnc(CC(C)CCCNC(=O)Cc2ccc3oc(C(O)c4ccncc4)cc3c2)c(C)c1. The zero-order chi connectivity index (χ0) is 24.8. The Hall–Kier alpha value is -3.51. The van der Waals surface area contributed by atoms with Crippen molar-refractivity contribution >= 4 is 16.9 Å². The number of carbonyl (C=O) groups is 1. The lowest BCUT2D eigenvalue weighted by Crippen LogP contribution is -2.26. The number of hydrogen-bond donors (Lipinski definition) is 2. The lowest BCUT2D eigenvalue weighted by atomic mass is 9.97. The van der Waals surface area contributed by atoms with Crippen molar-refractivity contribution in [2.24, 2.45) is 5.92 Å². The van der Waals surface area contributed by atoms with E-state index in [2.05, 4.69) is 42.1 Å². The molecule has 0 aliphatic rings. The molecule has 0 saturated carbocycles. The first-order valence-electron chi connectivity index (χ1n) is 12.2. The molecule has 0 radical (unpaired) electrons. The first kappa shape index (κ1) is 24.6. The maximum atomic E-state index is 12.5. The van der Waals surface area contributed by atoms with Crippen LogP contribution in [0.2, 0.25) is 0 Å². The van der Waals surface area contributed by atoms with Crippen LogP contribution in [-0.4, -0.2) is 27.5 Å². The molecule has 2 unspecified atom stereocenters. The number of aliphatic hydroxyl groups excluding tert-OH is 1. The Morgan fingerprint density at radius 1 is 1.11 bits per heavy atom. The van der Waals surface area contributed by atoms with Crippen molar-refractivity contribution in [2.45, 2.75) is 52.6 Å². The summed E-state index contributed by atoms with van der Waals surface area (Å²) < 4.78 is 5.83. The fourth-order valence-corrected chi connectivity index (χ4v) is 4.38. The number of carbonyl (C=O) groups excluding carboxylic acids is 1. The predicted octanol–water partition coefficient (Wildman–Crippen LogP) is 5.24. The summed E-state index contributed by atoms with van der Waals surface area (Å²) >= 11 is 0. The van der Waals surface area contributed by atoms with Gasteiger partial charge >= 0.3 is 0 Å². The molecule has 0 saturated heterocycles. The van der Waals surface area contributed by atoms with Gasteiger partial charge in [-0.05, 0) is 91.6 Å². The van der Waals surface area contributed by atoms with Crippen LogP contribution >= 0.6 is 0 Å². The molecule has 182 valence electrons. The second-order valence-electron chi connectivity index (χ2n) is 9.46. The Kier molecular flexibility index (Phi) is 7.93. The normalized spacial score (nSPS) is 13.0. The summed E-state index contributed by atoms with van der Waals surface area (Å²) in [5.74, 6) is 0.993. The van der Waals surface area contributed by atoms with Crippen LogP contribution < -0.4 is 5.32 Å². The average Bonchev–Trinajstić information content (AvgIpc) is 3.27. The molecule has 3 aromatic heterocycles. The van der Waals surface area contributed by atoms with Crippen molar-refractivity contribution < 1.29 is 14.3 Å². The highest BCUT2D eigenvalue weighted by molar-refractivity contribution is 5.83. The number of rotatable bonds is 10. The van der Waals surface area contributed by atoms with Gasteiger partial charge in [-0.25, -0.2) is 0 Å². The molecular formula is C29H33N3O3. The molecule has 6 heteroatoms. The Morgan fingerprint density at radius 2 is 1.91 bits per heavy atom. The van der Waals surface area contributed by atoms with Crippen molar-refractivity contribution in [3.8, 4) is 0 Å². The number of nitrogens with zero attached hydrogens (tertiary/aromatic N) is 2. The van der Waals surface area contributed by atoms with Gasteiger partial charge in [-0.15, -0.1) is 0 Å². The second kappa shape index (κ2) is 11.3. The number of nitrogens with one attached hydrogen (secondary N) is 1. The van der Waals surface area contributed by atoms with Crippen LogP contribution in [0, 0.1) is 19.8 Å². The molecule has 4 aromatic rings. The second-order valence-corrected chi connectivity index (χ2v) is 9.46. The summed E-state index contributed by atoms with van der Waals surface area (Å²) in [6, 6.07) is 13.2. The molecule has 0 aliphatic heterocycles. The van der Waals surface area contributed by atoms with Gasteiger partial charge in [0.05, 0.1) is 6.42 Å². The number of pyridine rings is 2. The van der Waals surface area contributed by atoms with Crippen LogP contribution in [0.5, 0.6) is 0 Å². The van der Waals surface area contributed by atoms with Crippen LogP contribution in [0.25, 0.3) is 11.0 Å². The first-order valence-corrected chi connectivity index (χ1v) is 12.2. The highest BCUT2D eigenvalue weighted by Crippen LogP contribution is 2.28. The van der Waals surface area contributed by atoms with E-state index in [1.54, 1.807) is 24.5 Å². The van der Waals surface area contributed by atoms with Crippen LogP contribution in [0.4, 0.5) is 0 Å². The fraction of sp³-hybridized carbons (Fsp3) is 0.345. The molecule has 0 spiro atoms. The van der Waals surface area contributed by atoms with Crippen LogP contribution in [0.1, 0.15) is 59.6 Å². The molecule has 1 amide bonds. The Bertz CT molecular complexity index is 1280. The zero-order valence-corrected chi connectivity index (χ0v) is 20.6. The largest absolute Gasteiger partial charge is 0.458 e. The van der Waals surface area contributed by atoms with Crippen molar-refractivity contribution in [1.82, 2.24) is 15.3 Å². The topological polar surface area (TPSA) is 88.2 Å². The van der Waals surface area contributed by atoms with Crippen molar-refractivity contribution in [3.05, 3.63) is 94.8 Å². The molecule has 35 heavy (non-hydrogen) atoms. The summed E-state index contributed by atoms with van der Waals surface area (Å²) in [5, 5.41) is 14.5. The van der Waals surface area contributed by atoms with Gasteiger partial charge in [-0.2, -0.15) is 0 Å². The van der Waals surface area contributed by atoms with Gasteiger partial charge in [0, 0.05) is 36.2 Å². The number of aliphatic hydroxyl groups is 1. The van der Waals surface area contributed by atoms with E-state index in [4.69, 9.17) is 4.42 Å². The number of hydrogen-bond acceptors (Lipinski definition) is 5. The highest BCUT2D eigenvalue weighted by atomic mass is 16.4. The molecule has 4 rings (SSSR count). The van der Waals surface area contributed by atoms with Crippen molar-refractivity contribution in [3.63, 3.8) is 0 Å². The summed E-state index contributed by atoms with van der Waals surface area (Å²) in [7, 11) is 0. The smallest absolute Gasteiger partial charge is 0.224 e. The van der Waals surface area contributed by atoms with Gasteiger partial charge in [0.1, 0.15) is 17.4 Å². The van der Waals surface area contributed by atoms with Gasteiger partial charge in [0.2, 0.25) is 5.91 Å². The molecule has 0 aliphatic carbocycles. The average molecular weight is 472 g/mol. The van der Waals surface area contributed by atoms with E-state index in [-0.39, 0.29) is 5.91 Å². The standard InChI is InChI=1S/C29H33N3O3/c1-19(14-25-21(3)13-20(2)18-32-25)5-4-10-31-28(33)16-22-6-7-26-24(15-22)17-27(35-26)29(34)23-8-11-30-12-9-23/h6-9,11-13,15,17-19,29,34H,4-5,10,14,16H2,1-3H3,(H,31,33). The van der Waals surface area contributed by atoms with E-state index in [0.717, 1.165) is 35.8 Å². The predicted molar refractivity (Wildman–Crippen MR) is 137 cm³/mol. The number of aryl methyl sites for hydroxylation is 2. The van der Waals surface area contributed by atoms with E-state index in [1.807, 2.05) is 30.5 Å². The molecule has 2 atom stereocenters. The molecule has 1 aromatic carbocycles. The van der Waals surface area contributed by atoms with Gasteiger partial charge in [0.25, 0.3) is 0 Å². The third kappa shape index (κ3) is 6.55. The third-order valence-corrected chi connectivity index (χ3v) is 6.32. The van der Waals surface area contributed by atoms with E-state index in [1.165, 1.54) is 16.8 Å². The van der Waals surface area contributed by atoms with E-state index in [9.17, 15) is 9.90 Å². The van der Waals surface area contributed by atoms with Crippen molar-refractivity contribution in [1.29, 1.82) is 0 Å².